The first-order valence-electron chi connectivity index (χ1n) is 4.91. The number of hydrogen-bond acceptors (Lipinski definition) is 3. The van der Waals surface area contributed by atoms with Gasteiger partial charge in [0.15, 0.2) is 11.7 Å². The lowest BCUT2D eigenvalue weighted by Gasteiger charge is -2.24. The monoisotopic (exact) mass is 203 g/mol. The Bertz CT molecular complexity index is 384. The summed E-state index contributed by atoms with van der Waals surface area (Å²) in [5.41, 5.74) is 1.05. The summed E-state index contributed by atoms with van der Waals surface area (Å²) in [6.07, 6.45) is 2.28. The molecule has 1 aromatic rings. The Labute approximate surface area is 89.0 Å². The highest BCUT2D eigenvalue weighted by molar-refractivity contribution is 5.82. The second kappa shape index (κ2) is 4.17. The van der Waals surface area contributed by atoms with Gasteiger partial charge in [0.25, 0.3) is 0 Å². The van der Waals surface area contributed by atoms with Gasteiger partial charge in [0, 0.05) is 19.2 Å². The maximum Gasteiger partial charge on any atom is 0.190 e. The lowest BCUT2D eigenvalue weighted by Crippen LogP contribution is -2.24. The van der Waals surface area contributed by atoms with Crippen molar-refractivity contribution in [1.82, 2.24) is 0 Å². The van der Waals surface area contributed by atoms with E-state index in [1.165, 1.54) is 0 Å². The van der Waals surface area contributed by atoms with Crippen LogP contribution < -0.4 is 4.90 Å². The molecule has 15 heavy (non-hydrogen) atoms. The molecule has 0 saturated heterocycles. The molecule has 0 aliphatic carbocycles. The first kappa shape index (κ1) is 9.77. The maximum absolute atomic E-state index is 11.0. The Morgan fingerprint density at radius 1 is 1.27 bits per heavy atom. The van der Waals surface area contributed by atoms with Crippen molar-refractivity contribution in [3.63, 3.8) is 0 Å². The maximum atomic E-state index is 11.0. The predicted molar refractivity (Wildman–Crippen MR) is 58.5 cm³/mol. The van der Waals surface area contributed by atoms with Crippen LogP contribution in [0.4, 0.5) is 5.69 Å². The average Bonchev–Trinajstić information content (AvgIpc) is 2.30. The summed E-state index contributed by atoms with van der Waals surface area (Å²) in [4.78, 5) is 12.9. The number of para-hydroxylation sites is 1. The molecular formula is C12H13NO2. The molecule has 1 aliphatic rings. The number of anilines is 1. The quantitative estimate of drug-likeness (QED) is 0.735. The minimum absolute atomic E-state index is 0.125. The molecule has 0 aromatic heterocycles. The van der Waals surface area contributed by atoms with E-state index in [-0.39, 0.29) is 12.4 Å². The standard InChI is InChI=1S/C12H13NO2/c1-13(10-5-3-2-4-6-10)12-8-7-11(14)9-15-12/h2-6,8H,7,9H2,1H3. The van der Waals surface area contributed by atoms with Gasteiger partial charge in [-0.1, -0.05) is 18.2 Å². The molecule has 1 aliphatic heterocycles. The number of ether oxygens (including phenoxy) is 1. The molecule has 0 fully saturated rings. The molecule has 78 valence electrons. The second-order valence-electron chi connectivity index (χ2n) is 3.47. The van der Waals surface area contributed by atoms with Crippen LogP contribution in [-0.2, 0) is 9.53 Å². The van der Waals surface area contributed by atoms with E-state index in [1.807, 2.05) is 48.4 Å². The van der Waals surface area contributed by atoms with Crippen LogP contribution in [0, 0.1) is 0 Å². The van der Waals surface area contributed by atoms with E-state index in [0.29, 0.717) is 6.42 Å². The van der Waals surface area contributed by atoms with Crippen molar-refractivity contribution in [3.05, 3.63) is 42.3 Å². The van der Waals surface area contributed by atoms with E-state index >= 15 is 0 Å². The third kappa shape index (κ3) is 2.18. The van der Waals surface area contributed by atoms with Gasteiger partial charge in [-0.05, 0) is 18.2 Å². The number of carbonyl (C=O) groups excluding carboxylic acids is 1. The fourth-order valence-corrected chi connectivity index (χ4v) is 1.49. The summed E-state index contributed by atoms with van der Waals surface area (Å²) < 4.78 is 5.34. The number of hydrogen-bond donors (Lipinski definition) is 0. The van der Waals surface area contributed by atoms with E-state index in [0.717, 1.165) is 11.6 Å². The second-order valence-corrected chi connectivity index (χ2v) is 3.47. The molecule has 3 heteroatoms. The average molecular weight is 203 g/mol. The molecule has 0 atom stereocenters. The highest BCUT2D eigenvalue weighted by Crippen LogP contribution is 2.19. The Balaban J connectivity index is 2.15. The summed E-state index contributed by atoms with van der Waals surface area (Å²) in [5, 5.41) is 0. The van der Waals surface area contributed by atoms with Crippen LogP contribution in [-0.4, -0.2) is 19.4 Å². The molecule has 0 N–H and O–H groups in total. The molecule has 1 heterocycles. The molecule has 3 nitrogen and oxygen atoms in total. The van der Waals surface area contributed by atoms with Crippen LogP contribution in [0.1, 0.15) is 6.42 Å². The summed E-state index contributed by atoms with van der Waals surface area (Å²) >= 11 is 0. The van der Waals surface area contributed by atoms with Gasteiger partial charge in [0.05, 0.1) is 0 Å². The van der Waals surface area contributed by atoms with Gasteiger partial charge in [-0.2, -0.15) is 0 Å². The zero-order valence-corrected chi connectivity index (χ0v) is 8.64. The van der Waals surface area contributed by atoms with Gasteiger partial charge >= 0.3 is 0 Å². The van der Waals surface area contributed by atoms with Crippen molar-refractivity contribution in [2.75, 3.05) is 18.6 Å². The number of rotatable bonds is 2. The smallest absolute Gasteiger partial charge is 0.190 e. The Kier molecular flexibility index (Phi) is 2.72. The first-order chi connectivity index (χ1) is 7.27. The summed E-state index contributed by atoms with van der Waals surface area (Å²) in [6, 6.07) is 9.92. The van der Waals surface area contributed by atoms with E-state index in [1.54, 1.807) is 0 Å². The molecule has 2 rings (SSSR count). The van der Waals surface area contributed by atoms with E-state index in [2.05, 4.69) is 0 Å². The zero-order valence-electron chi connectivity index (χ0n) is 8.64. The van der Waals surface area contributed by atoms with Crippen LogP contribution >= 0.6 is 0 Å². The van der Waals surface area contributed by atoms with Gasteiger partial charge in [0.2, 0.25) is 0 Å². The highest BCUT2D eigenvalue weighted by atomic mass is 16.5. The Morgan fingerprint density at radius 3 is 2.60 bits per heavy atom. The van der Waals surface area contributed by atoms with Crippen molar-refractivity contribution in [1.29, 1.82) is 0 Å². The number of benzene rings is 1. The molecule has 0 saturated carbocycles. The molecule has 0 unspecified atom stereocenters. The van der Waals surface area contributed by atoms with Crippen LogP contribution in [0.25, 0.3) is 0 Å². The van der Waals surface area contributed by atoms with Crippen molar-refractivity contribution < 1.29 is 9.53 Å². The van der Waals surface area contributed by atoms with Crippen molar-refractivity contribution in [2.24, 2.45) is 0 Å². The van der Waals surface area contributed by atoms with E-state index in [9.17, 15) is 4.79 Å². The summed E-state index contributed by atoms with van der Waals surface area (Å²) in [7, 11) is 1.93. The first-order valence-corrected chi connectivity index (χ1v) is 4.91. The SMILES string of the molecule is CN(C1=CCC(=O)CO1)c1ccccc1. The largest absolute Gasteiger partial charge is 0.471 e. The lowest BCUT2D eigenvalue weighted by molar-refractivity contribution is -0.122. The Hall–Kier alpha value is -1.77. The molecular weight excluding hydrogens is 190 g/mol. The normalized spacial score (nSPS) is 15.5. The minimum atomic E-state index is 0.125. The third-order valence-corrected chi connectivity index (χ3v) is 2.36. The van der Waals surface area contributed by atoms with Crippen molar-refractivity contribution in [3.8, 4) is 0 Å². The van der Waals surface area contributed by atoms with Crippen LogP contribution in [0.5, 0.6) is 0 Å². The Morgan fingerprint density at radius 2 is 2.00 bits per heavy atom. The number of ketones is 1. The van der Waals surface area contributed by atoms with Crippen LogP contribution in [0.3, 0.4) is 0 Å². The van der Waals surface area contributed by atoms with Gasteiger partial charge < -0.3 is 9.64 Å². The molecule has 0 bridgehead atoms. The topological polar surface area (TPSA) is 29.5 Å². The van der Waals surface area contributed by atoms with Crippen molar-refractivity contribution in [2.45, 2.75) is 6.42 Å². The number of carbonyl (C=O) groups is 1. The predicted octanol–water partition coefficient (Wildman–Crippen LogP) is 1.95. The van der Waals surface area contributed by atoms with Crippen molar-refractivity contribution >= 4 is 11.5 Å². The third-order valence-electron chi connectivity index (χ3n) is 2.36. The lowest BCUT2D eigenvalue weighted by atomic mass is 10.2. The van der Waals surface area contributed by atoms with Crippen LogP contribution in [0.2, 0.25) is 0 Å². The zero-order chi connectivity index (χ0) is 10.7. The fraction of sp³-hybridized carbons (Fsp3) is 0.250. The van der Waals surface area contributed by atoms with Gasteiger partial charge in [-0.3, -0.25) is 4.79 Å². The number of allylic oxidation sites excluding steroid dienone is 1. The summed E-state index contributed by atoms with van der Waals surface area (Å²) in [5.74, 6) is 0.876. The van der Waals surface area contributed by atoms with Gasteiger partial charge in [-0.15, -0.1) is 0 Å². The van der Waals surface area contributed by atoms with Crippen LogP contribution in [0.15, 0.2) is 42.3 Å². The fourth-order valence-electron chi connectivity index (χ4n) is 1.49. The molecule has 0 radical (unpaired) electrons. The van der Waals surface area contributed by atoms with E-state index < -0.39 is 0 Å². The van der Waals surface area contributed by atoms with Gasteiger partial charge in [0.1, 0.15) is 6.61 Å². The minimum Gasteiger partial charge on any atom is -0.471 e. The molecule has 0 spiro atoms. The number of nitrogens with zero attached hydrogens (tertiary/aromatic N) is 1. The summed E-state index contributed by atoms with van der Waals surface area (Å²) in [6.45, 7) is 0.184. The molecule has 1 aromatic carbocycles. The highest BCUT2D eigenvalue weighted by Gasteiger charge is 2.15. The molecule has 0 amide bonds. The number of Topliss-reactive ketones (excluding diaryl/α,β-unsaturated/α-hetero) is 1. The van der Waals surface area contributed by atoms with Gasteiger partial charge in [-0.25, -0.2) is 0 Å². The van der Waals surface area contributed by atoms with E-state index in [4.69, 9.17) is 4.74 Å².